The van der Waals surface area contributed by atoms with Crippen LogP contribution in [0.1, 0.15) is 73.1 Å². The molecule has 0 amide bonds. The third-order valence-electron chi connectivity index (χ3n) is 7.00. The van der Waals surface area contributed by atoms with Crippen molar-refractivity contribution in [1.29, 1.82) is 0 Å². The minimum Gasteiger partial charge on any atom is -0.465 e. The first-order chi connectivity index (χ1) is 17.9. The fourth-order valence-corrected chi connectivity index (χ4v) is 5.94. The van der Waals surface area contributed by atoms with Crippen LogP contribution >= 0.6 is 37.0 Å². The molecule has 0 aromatic carbocycles. The first-order valence-corrected chi connectivity index (χ1v) is 15.7. The second-order valence-electron chi connectivity index (χ2n) is 10.8. The SMILES string of the molecule is CCC(COC(=O)CCS)(COC(=O)CCS)COC(=O)CCSC(C)CC(=O)C1C(C)C=CCC1(C)C. The summed E-state index contributed by atoms with van der Waals surface area (Å²) >= 11 is 9.67. The van der Waals surface area contributed by atoms with Gasteiger partial charge in [0.25, 0.3) is 0 Å². The standard InChI is InChI=1S/C28H46O7S3/c1-6-28(17-33-23(30)9-13-36,18-34-24(31)10-14-37)19-35-25(32)11-15-38-21(3)16-22(29)26-20(2)8-7-12-27(26,4)5/h7-8,20-21,26,36-37H,6,9-19H2,1-5H3. The summed E-state index contributed by atoms with van der Waals surface area (Å²) in [6.45, 7) is 10.2. The third-order valence-corrected chi connectivity index (χ3v) is 8.62. The van der Waals surface area contributed by atoms with Gasteiger partial charge in [-0.3, -0.25) is 19.2 Å². The van der Waals surface area contributed by atoms with E-state index in [9.17, 15) is 19.2 Å². The fourth-order valence-electron chi connectivity index (χ4n) is 4.61. The van der Waals surface area contributed by atoms with Gasteiger partial charge in [0.2, 0.25) is 0 Å². The number of esters is 3. The highest BCUT2D eigenvalue weighted by atomic mass is 32.2. The molecule has 7 nitrogen and oxygen atoms in total. The van der Waals surface area contributed by atoms with Gasteiger partial charge in [0.1, 0.15) is 25.6 Å². The number of Topliss-reactive ketones (excluding diaryl/α,β-unsaturated/α-hetero) is 1. The highest BCUT2D eigenvalue weighted by Crippen LogP contribution is 2.42. The van der Waals surface area contributed by atoms with Crippen LogP contribution in [0.25, 0.3) is 0 Å². The van der Waals surface area contributed by atoms with Gasteiger partial charge in [-0.05, 0) is 24.2 Å². The lowest BCUT2D eigenvalue weighted by Gasteiger charge is -2.39. The third kappa shape index (κ3) is 12.4. The van der Waals surface area contributed by atoms with E-state index >= 15 is 0 Å². The Morgan fingerprint density at radius 2 is 1.47 bits per heavy atom. The number of ether oxygens (including phenoxy) is 3. The van der Waals surface area contributed by atoms with Gasteiger partial charge in [0.05, 0.1) is 24.7 Å². The second-order valence-corrected chi connectivity index (χ2v) is 13.3. The highest BCUT2D eigenvalue weighted by Gasteiger charge is 2.39. The molecular weight excluding hydrogens is 545 g/mol. The number of thioether (sulfide) groups is 1. The van der Waals surface area contributed by atoms with Crippen molar-refractivity contribution in [2.24, 2.45) is 22.7 Å². The summed E-state index contributed by atoms with van der Waals surface area (Å²) in [5.41, 5.74) is -0.883. The van der Waals surface area contributed by atoms with Crippen LogP contribution < -0.4 is 0 Å². The van der Waals surface area contributed by atoms with Crippen LogP contribution in [0.4, 0.5) is 0 Å². The van der Waals surface area contributed by atoms with Gasteiger partial charge in [0.15, 0.2) is 0 Å². The first-order valence-electron chi connectivity index (χ1n) is 13.4. The van der Waals surface area contributed by atoms with E-state index in [1.807, 2.05) is 13.8 Å². The summed E-state index contributed by atoms with van der Waals surface area (Å²) in [5, 5.41) is 0.0939. The van der Waals surface area contributed by atoms with E-state index < -0.39 is 17.4 Å². The Kier molecular flexibility index (Phi) is 16.1. The number of hydrogen-bond acceptors (Lipinski definition) is 10. The van der Waals surface area contributed by atoms with Crippen LogP contribution in [-0.4, -0.2) is 66.0 Å². The van der Waals surface area contributed by atoms with Crippen molar-refractivity contribution in [3.05, 3.63) is 12.2 Å². The molecule has 0 bridgehead atoms. The van der Waals surface area contributed by atoms with Crippen molar-refractivity contribution < 1.29 is 33.4 Å². The zero-order valence-corrected chi connectivity index (χ0v) is 26.1. The van der Waals surface area contributed by atoms with Gasteiger partial charge in [-0.15, -0.1) is 0 Å². The average molecular weight is 591 g/mol. The summed E-state index contributed by atoms with van der Waals surface area (Å²) in [6, 6.07) is 0. The van der Waals surface area contributed by atoms with Crippen molar-refractivity contribution in [2.75, 3.05) is 37.1 Å². The van der Waals surface area contributed by atoms with Crippen molar-refractivity contribution in [1.82, 2.24) is 0 Å². The largest absolute Gasteiger partial charge is 0.465 e. The molecule has 0 fully saturated rings. The number of carbonyl (C=O) groups is 4. The quantitative estimate of drug-likeness (QED) is 0.0953. The molecule has 0 heterocycles. The Morgan fingerprint density at radius 3 is 1.92 bits per heavy atom. The number of thiol groups is 2. The number of ketones is 1. The van der Waals surface area contributed by atoms with Crippen molar-refractivity contribution in [2.45, 2.75) is 78.4 Å². The second kappa shape index (κ2) is 17.5. The molecule has 0 aromatic heterocycles. The van der Waals surface area contributed by atoms with Crippen LogP contribution in [0.15, 0.2) is 12.2 Å². The Morgan fingerprint density at radius 1 is 0.974 bits per heavy atom. The monoisotopic (exact) mass is 590 g/mol. The van der Waals surface area contributed by atoms with Crippen molar-refractivity contribution in [3.63, 3.8) is 0 Å². The molecule has 3 atom stereocenters. The highest BCUT2D eigenvalue weighted by molar-refractivity contribution is 7.99. The van der Waals surface area contributed by atoms with Gasteiger partial charge in [-0.1, -0.05) is 46.8 Å². The molecule has 1 aliphatic rings. The zero-order chi connectivity index (χ0) is 28.8. The lowest BCUT2D eigenvalue weighted by molar-refractivity contribution is -0.161. The number of rotatable bonds is 18. The summed E-state index contributed by atoms with van der Waals surface area (Å²) in [4.78, 5) is 49.4. The van der Waals surface area contributed by atoms with E-state index in [2.05, 4.69) is 58.2 Å². The molecule has 1 aliphatic carbocycles. The fraction of sp³-hybridized carbons (Fsp3) is 0.786. The molecule has 0 N–H and O–H groups in total. The summed E-state index contributed by atoms with van der Waals surface area (Å²) in [5.74, 6) is 0.564. The van der Waals surface area contributed by atoms with Crippen molar-refractivity contribution >= 4 is 60.7 Å². The first kappa shape index (κ1) is 34.9. The number of carbonyl (C=O) groups excluding carboxylic acids is 4. The van der Waals surface area contributed by atoms with Crippen molar-refractivity contribution in [3.8, 4) is 0 Å². The minimum atomic E-state index is -0.834. The zero-order valence-electron chi connectivity index (χ0n) is 23.5. The maximum Gasteiger partial charge on any atom is 0.306 e. The maximum atomic E-state index is 13.1. The minimum absolute atomic E-state index is 0.00593. The molecule has 0 aliphatic heterocycles. The molecular formula is C28H46O7S3. The van der Waals surface area contributed by atoms with E-state index in [-0.39, 0.29) is 73.3 Å². The number of allylic oxidation sites excluding steroid dienone is 2. The molecule has 0 aromatic rings. The van der Waals surface area contributed by atoms with Crippen LogP contribution in [0.2, 0.25) is 0 Å². The molecule has 1 rings (SSSR count). The van der Waals surface area contributed by atoms with E-state index in [1.54, 1.807) is 11.8 Å². The summed E-state index contributed by atoms with van der Waals surface area (Å²) in [6.07, 6.45) is 6.67. The Bertz CT molecular complexity index is 790. The smallest absolute Gasteiger partial charge is 0.306 e. The molecule has 0 saturated carbocycles. The van der Waals surface area contributed by atoms with Crippen LogP contribution in [-0.2, 0) is 33.4 Å². The predicted octanol–water partition coefficient (Wildman–Crippen LogP) is 5.36. The van der Waals surface area contributed by atoms with Gasteiger partial charge in [-0.25, -0.2) is 0 Å². The van der Waals surface area contributed by atoms with E-state index in [0.29, 0.717) is 30.1 Å². The van der Waals surface area contributed by atoms with Gasteiger partial charge >= 0.3 is 17.9 Å². The van der Waals surface area contributed by atoms with Crippen LogP contribution in [0.3, 0.4) is 0 Å². The van der Waals surface area contributed by atoms with Crippen LogP contribution in [0, 0.1) is 22.7 Å². The molecule has 3 unspecified atom stereocenters. The Labute approximate surface area is 243 Å². The lowest BCUT2D eigenvalue weighted by atomic mass is 9.65. The maximum absolute atomic E-state index is 13.1. The molecule has 0 spiro atoms. The Balaban J connectivity index is 2.58. The van der Waals surface area contributed by atoms with Gasteiger partial charge in [0, 0.05) is 34.8 Å². The normalized spacial score (nSPS) is 19.4. The topological polar surface area (TPSA) is 96.0 Å². The molecule has 38 heavy (non-hydrogen) atoms. The summed E-state index contributed by atoms with van der Waals surface area (Å²) < 4.78 is 16.3. The Hall–Kier alpha value is -1.13. The predicted molar refractivity (Wildman–Crippen MR) is 159 cm³/mol. The molecule has 10 heteroatoms. The van der Waals surface area contributed by atoms with E-state index in [4.69, 9.17) is 14.2 Å². The lowest BCUT2D eigenvalue weighted by Crippen LogP contribution is -2.39. The van der Waals surface area contributed by atoms with E-state index in [0.717, 1.165) is 6.42 Å². The molecule has 218 valence electrons. The average Bonchev–Trinajstić information content (AvgIpc) is 2.83. The number of hydrogen-bond donors (Lipinski definition) is 2. The van der Waals surface area contributed by atoms with Gasteiger partial charge < -0.3 is 14.2 Å². The summed E-state index contributed by atoms with van der Waals surface area (Å²) in [7, 11) is 0. The van der Waals surface area contributed by atoms with E-state index in [1.165, 1.54) is 0 Å². The molecule has 0 saturated heterocycles. The van der Waals surface area contributed by atoms with Crippen LogP contribution in [0.5, 0.6) is 0 Å². The molecule has 0 radical (unpaired) electrons. The van der Waals surface area contributed by atoms with Gasteiger partial charge in [-0.2, -0.15) is 37.0 Å².